The van der Waals surface area contributed by atoms with Crippen molar-refractivity contribution in [3.8, 4) is 0 Å². The van der Waals surface area contributed by atoms with Crippen molar-refractivity contribution < 1.29 is 17.9 Å². The Bertz CT molecular complexity index is 1710. The van der Waals surface area contributed by atoms with Crippen LogP contribution in [0, 0.1) is 13.8 Å². The fourth-order valence-electron chi connectivity index (χ4n) is 5.42. The van der Waals surface area contributed by atoms with E-state index in [2.05, 4.69) is 67.8 Å². The highest BCUT2D eigenvalue weighted by Crippen LogP contribution is 2.28. The third-order valence-corrected chi connectivity index (χ3v) is 9.46. The number of benzene rings is 3. The molecule has 1 aromatic heterocycles. The van der Waals surface area contributed by atoms with Crippen molar-refractivity contribution in [2.45, 2.75) is 51.5 Å². The number of carbonyl (C=O) groups is 1. The Morgan fingerprint density at radius 2 is 1.65 bits per heavy atom. The first-order valence-corrected chi connectivity index (χ1v) is 16.3. The minimum absolute atomic E-state index is 0.0720. The van der Waals surface area contributed by atoms with Crippen LogP contribution in [0.1, 0.15) is 53.5 Å². The summed E-state index contributed by atoms with van der Waals surface area (Å²) in [5.74, 6) is -0.157. The Balaban J connectivity index is 1.43. The van der Waals surface area contributed by atoms with Crippen LogP contribution in [0.15, 0.2) is 71.6 Å². The third-order valence-electron chi connectivity index (χ3n) is 8.07. The number of ether oxygens (including phenoxy) is 1. The SMILES string of the molecule is Cc1ccc(C)c(Cn2c(C(=O)NCCN3CCOCC3)cc3cc(NS(=O)(=O)c4ccc(C(C)(C)C)cc4)ccc32)c1. The lowest BCUT2D eigenvalue weighted by molar-refractivity contribution is 0.0383. The first-order chi connectivity index (χ1) is 20.4. The van der Waals surface area contributed by atoms with E-state index in [0.29, 0.717) is 37.7 Å². The second-order valence-electron chi connectivity index (χ2n) is 12.4. The Labute approximate surface area is 255 Å². The lowest BCUT2D eigenvalue weighted by Gasteiger charge is -2.26. The summed E-state index contributed by atoms with van der Waals surface area (Å²) in [6, 6.07) is 20.6. The molecule has 1 aliphatic rings. The average Bonchev–Trinajstić information content (AvgIpc) is 3.32. The number of nitrogens with one attached hydrogen (secondary N) is 2. The molecular formula is C34H42N4O4S. The first kappa shape index (κ1) is 30.8. The zero-order valence-electron chi connectivity index (χ0n) is 25.7. The summed E-state index contributed by atoms with van der Waals surface area (Å²) in [4.78, 5) is 16.0. The van der Waals surface area contributed by atoms with Gasteiger partial charge in [0.2, 0.25) is 0 Å². The summed E-state index contributed by atoms with van der Waals surface area (Å²) >= 11 is 0. The quantitative estimate of drug-likeness (QED) is 0.265. The third kappa shape index (κ3) is 7.29. The second kappa shape index (κ2) is 12.5. The zero-order chi connectivity index (χ0) is 30.8. The van der Waals surface area contributed by atoms with E-state index in [-0.39, 0.29) is 16.2 Å². The highest BCUT2D eigenvalue weighted by molar-refractivity contribution is 7.92. The summed E-state index contributed by atoms with van der Waals surface area (Å²) < 4.78 is 36.7. The number of anilines is 1. The zero-order valence-corrected chi connectivity index (χ0v) is 26.6. The van der Waals surface area contributed by atoms with Crippen LogP contribution >= 0.6 is 0 Å². The van der Waals surface area contributed by atoms with Crippen LogP contribution in [0.2, 0.25) is 0 Å². The number of sulfonamides is 1. The molecule has 0 bridgehead atoms. The van der Waals surface area contributed by atoms with Gasteiger partial charge in [0, 0.05) is 49.3 Å². The Morgan fingerprint density at radius 3 is 2.35 bits per heavy atom. The van der Waals surface area contributed by atoms with E-state index < -0.39 is 10.0 Å². The van der Waals surface area contributed by atoms with Gasteiger partial charge in [-0.05, 0) is 72.4 Å². The Morgan fingerprint density at radius 1 is 0.930 bits per heavy atom. The van der Waals surface area contributed by atoms with Crippen molar-refractivity contribution in [2.75, 3.05) is 44.1 Å². The molecule has 8 nitrogen and oxygen atoms in total. The fraction of sp³-hybridized carbons (Fsp3) is 0.382. The number of aryl methyl sites for hydroxylation is 2. The molecule has 0 spiro atoms. The molecule has 4 aromatic rings. The summed E-state index contributed by atoms with van der Waals surface area (Å²) in [6.45, 7) is 15.4. The molecule has 0 radical (unpaired) electrons. The molecule has 0 unspecified atom stereocenters. The molecule has 228 valence electrons. The van der Waals surface area contributed by atoms with Crippen molar-refractivity contribution in [3.05, 3.63) is 94.7 Å². The smallest absolute Gasteiger partial charge is 0.267 e. The number of nitrogens with zero attached hydrogens (tertiary/aromatic N) is 2. The molecule has 0 aliphatic carbocycles. The van der Waals surface area contributed by atoms with Crippen LogP contribution in [0.25, 0.3) is 10.9 Å². The predicted octanol–water partition coefficient (Wildman–Crippen LogP) is 5.47. The average molecular weight is 603 g/mol. The van der Waals surface area contributed by atoms with Crippen molar-refractivity contribution >= 4 is 32.5 Å². The predicted molar refractivity (Wildman–Crippen MR) is 172 cm³/mol. The molecule has 1 fully saturated rings. The van der Waals surface area contributed by atoms with E-state index in [0.717, 1.165) is 52.8 Å². The second-order valence-corrected chi connectivity index (χ2v) is 14.1. The molecule has 0 atom stereocenters. The maximum atomic E-state index is 13.5. The lowest BCUT2D eigenvalue weighted by atomic mass is 9.87. The van der Waals surface area contributed by atoms with Gasteiger partial charge in [-0.25, -0.2) is 8.42 Å². The van der Waals surface area contributed by atoms with Crippen LogP contribution in [0.4, 0.5) is 5.69 Å². The van der Waals surface area contributed by atoms with Gasteiger partial charge >= 0.3 is 0 Å². The van der Waals surface area contributed by atoms with Gasteiger partial charge in [-0.2, -0.15) is 0 Å². The maximum Gasteiger partial charge on any atom is 0.267 e. The highest BCUT2D eigenvalue weighted by Gasteiger charge is 2.21. The standard InChI is InChI=1S/C34H42N4O4S/c1-24-6-7-25(2)27(20-24)23-38-31-13-10-29(36-43(40,41)30-11-8-28(9-12-30)34(3,4)5)21-26(31)22-32(38)33(39)35-14-15-37-16-18-42-19-17-37/h6-13,20-22,36H,14-19,23H2,1-5H3,(H,35,39). The normalized spacial score (nSPS) is 14.6. The van der Waals surface area contributed by atoms with Crippen LogP contribution < -0.4 is 10.0 Å². The molecule has 2 N–H and O–H groups in total. The minimum Gasteiger partial charge on any atom is -0.379 e. The Kier molecular flexibility index (Phi) is 8.96. The number of fused-ring (bicyclic) bond motifs is 1. The van der Waals surface area contributed by atoms with E-state index in [1.807, 2.05) is 28.8 Å². The topological polar surface area (TPSA) is 92.7 Å². The number of aromatic nitrogens is 1. The summed E-state index contributed by atoms with van der Waals surface area (Å²) in [6.07, 6.45) is 0. The van der Waals surface area contributed by atoms with Crippen molar-refractivity contribution in [2.24, 2.45) is 0 Å². The molecular weight excluding hydrogens is 560 g/mol. The van der Waals surface area contributed by atoms with E-state index in [9.17, 15) is 13.2 Å². The summed E-state index contributed by atoms with van der Waals surface area (Å²) in [5.41, 5.74) is 6.26. The van der Waals surface area contributed by atoms with Gasteiger partial charge in [0.15, 0.2) is 0 Å². The molecule has 1 aliphatic heterocycles. The van der Waals surface area contributed by atoms with Crippen LogP contribution in [0.3, 0.4) is 0 Å². The molecule has 1 saturated heterocycles. The van der Waals surface area contributed by atoms with Crippen molar-refractivity contribution in [1.82, 2.24) is 14.8 Å². The molecule has 43 heavy (non-hydrogen) atoms. The van der Waals surface area contributed by atoms with Gasteiger partial charge in [0.05, 0.1) is 18.1 Å². The van der Waals surface area contributed by atoms with Gasteiger partial charge in [0.25, 0.3) is 15.9 Å². The summed E-state index contributed by atoms with van der Waals surface area (Å²) in [5, 5.41) is 3.88. The molecule has 2 heterocycles. The maximum absolute atomic E-state index is 13.5. The molecule has 3 aromatic carbocycles. The van der Waals surface area contributed by atoms with Crippen molar-refractivity contribution in [1.29, 1.82) is 0 Å². The van der Waals surface area contributed by atoms with Gasteiger partial charge in [-0.3, -0.25) is 14.4 Å². The van der Waals surface area contributed by atoms with Gasteiger partial charge < -0.3 is 14.6 Å². The van der Waals surface area contributed by atoms with E-state index in [1.54, 1.807) is 24.3 Å². The van der Waals surface area contributed by atoms with Gasteiger partial charge in [0.1, 0.15) is 5.69 Å². The summed E-state index contributed by atoms with van der Waals surface area (Å²) in [7, 11) is -3.80. The number of morpholine rings is 1. The molecule has 1 amide bonds. The van der Waals surface area contributed by atoms with E-state index in [1.165, 1.54) is 0 Å². The van der Waals surface area contributed by atoms with E-state index >= 15 is 0 Å². The molecule has 5 rings (SSSR count). The van der Waals surface area contributed by atoms with E-state index in [4.69, 9.17) is 4.74 Å². The number of carbonyl (C=O) groups excluding carboxylic acids is 1. The number of amides is 1. The highest BCUT2D eigenvalue weighted by atomic mass is 32.2. The van der Waals surface area contributed by atoms with Crippen molar-refractivity contribution in [3.63, 3.8) is 0 Å². The first-order valence-electron chi connectivity index (χ1n) is 14.8. The van der Waals surface area contributed by atoms with Crippen LogP contribution in [0.5, 0.6) is 0 Å². The monoisotopic (exact) mass is 602 g/mol. The van der Waals surface area contributed by atoms with Gasteiger partial charge in [-0.1, -0.05) is 56.7 Å². The van der Waals surface area contributed by atoms with Crippen LogP contribution in [-0.4, -0.2) is 63.2 Å². The lowest BCUT2D eigenvalue weighted by Crippen LogP contribution is -2.41. The minimum atomic E-state index is -3.80. The number of rotatable bonds is 9. The Hall–Kier alpha value is -3.66. The van der Waals surface area contributed by atoms with Gasteiger partial charge in [-0.15, -0.1) is 0 Å². The number of hydrogen-bond acceptors (Lipinski definition) is 5. The fourth-order valence-corrected chi connectivity index (χ4v) is 6.47. The molecule has 9 heteroatoms. The van der Waals surface area contributed by atoms with Crippen LogP contribution in [-0.2, 0) is 26.7 Å². The molecule has 0 saturated carbocycles. The largest absolute Gasteiger partial charge is 0.379 e. The number of hydrogen-bond donors (Lipinski definition) is 2.